The van der Waals surface area contributed by atoms with Gasteiger partial charge in [-0.05, 0) is 71.2 Å². The van der Waals surface area contributed by atoms with Crippen molar-refractivity contribution >= 4 is 38.7 Å². The standard InChI is InChI=1S/C18H15BrN2O/c1-11-8-14(18(22)17(19)12(11)2)10-21-15-5-6-16-13(9-15)4-3-7-20-16/h3-10,22H,1-2H3. The fourth-order valence-electron chi connectivity index (χ4n) is 2.27. The molecule has 1 heterocycles. The van der Waals surface area contributed by atoms with Crippen LogP contribution in [-0.4, -0.2) is 16.3 Å². The summed E-state index contributed by atoms with van der Waals surface area (Å²) >= 11 is 3.42. The molecule has 0 aliphatic heterocycles. The second-order valence-electron chi connectivity index (χ2n) is 5.21. The minimum absolute atomic E-state index is 0.217. The van der Waals surface area contributed by atoms with Crippen molar-refractivity contribution in [3.05, 3.63) is 63.8 Å². The Bertz CT molecular complexity index is 888. The third kappa shape index (κ3) is 2.74. The lowest BCUT2D eigenvalue weighted by Gasteiger charge is -2.08. The highest BCUT2D eigenvalue weighted by molar-refractivity contribution is 9.10. The first-order chi connectivity index (χ1) is 10.6. The average Bonchev–Trinajstić information content (AvgIpc) is 2.55. The minimum Gasteiger partial charge on any atom is -0.506 e. The second-order valence-corrected chi connectivity index (χ2v) is 6.00. The molecular formula is C18H15BrN2O. The summed E-state index contributed by atoms with van der Waals surface area (Å²) in [7, 11) is 0. The zero-order valence-electron chi connectivity index (χ0n) is 12.3. The Hall–Kier alpha value is -2.20. The van der Waals surface area contributed by atoms with Crippen molar-refractivity contribution in [2.75, 3.05) is 0 Å². The number of aromatic hydroxyl groups is 1. The number of pyridine rings is 1. The van der Waals surface area contributed by atoms with Gasteiger partial charge in [-0.1, -0.05) is 6.07 Å². The van der Waals surface area contributed by atoms with Crippen molar-refractivity contribution in [1.82, 2.24) is 4.98 Å². The lowest BCUT2D eigenvalue weighted by Crippen LogP contribution is -1.90. The van der Waals surface area contributed by atoms with Crippen LogP contribution in [0.15, 0.2) is 52.1 Å². The molecule has 0 fully saturated rings. The van der Waals surface area contributed by atoms with Crippen molar-refractivity contribution in [3.63, 3.8) is 0 Å². The maximum atomic E-state index is 10.2. The number of fused-ring (bicyclic) bond motifs is 1. The van der Waals surface area contributed by atoms with E-state index in [0.29, 0.717) is 5.56 Å². The van der Waals surface area contributed by atoms with E-state index in [1.165, 1.54) is 0 Å². The Labute approximate surface area is 137 Å². The molecule has 0 saturated carbocycles. The molecule has 1 aromatic heterocycles. The number of phenolic OH excluding ortho intramolecular Hbond substituents is 1. The van der Waals surface area contributed by atoms with E-state index in [0.717, 1.165) is 32.2 Å². The maximum Gasteiger partial charge on any atom is 0.138 e. The zero-order valence-corrected chi connectivity index (χ0v) is 13.9. The highest BCUT2D eigenvalue weighted by Crippen LogP contribution is 2.32. The number of aliphatic imine (C=N–C) groups is 1. The summed E-state index contributed by atoms with van der Waals surface area (Å²) in [5.41, 5.74) is 4.61. The third-order valence-electron chi connectivity index (χ3n) is 3.71. The second kappa shape index (κ2) is 5.89. The fourth-order valence-corrected chi connectivity index (χ4v) is 2.81. The number of halogens is 1. The molecule has 0 aliphatic rings. The zero-order chi connectivity index (χ0) is 15.7. The first kappa shape index (κ1) is 14.7. The number of hydrogen-bond donors (Lipinski definition) is 1. The van der Waals surface area contributed by atoms with Crippen LogP contribution >= 0.6 is 15.9 Å². The summed E-state index contributed by atoms with van der Waals surface area (Å²) in [6.45, 7) is 3.98. The number of rotatable bonds is 2. The molecule has 0 radical (unpaired) electrons. The highest BCUT2D eigenvalue weighted by Gasteiger charge is 2.09. The molecule has 0 spiro atoms. The van der Waals surface area contributed by atoms with E-state index in [9.17, 15) is 5.11 Å². The summed E-state index contributed by atoms with van der Waals surface area (Å²) < 4.78 is 0.719. The Morgan fingerprint density at radius 1 is 1.18 bits per heavy atom. The van der Waals surface area contributed by atoms with Gasteiger partial charge in [0.25, 0.3) is 0 Å². The molecule has 0 saturated heterocycles. The molecule has 0 amide bonds. The molecule has 3 nitrogen and oxygen atoms in total. The van der Waals surface area contributed by atoms with Crippen LogP contribution in [0.5, 0.6) is 5.75 Å². The van der Waals surface area contributed by atoms with E-state index in [2.05, 4.69) is 25.9 Å². The average molecular weight is 355 g/mol. The summed E-state index contributed by atoms with van der Waals surface area (Å²) in [5.74, 6) is 0.217. The Morgan fingerprint density at radius 3 is 2.82 bits per heavy atom. The van der Waals surface area contributed by atoms with Gasteiger partial charge in [0.15, 0.2) is 0 Å². The topological polar surface area (TPSA) is 45.5 Å². The van der Waals surface area contributed by atoms with Crippen molar-refractivity contribution < 1.29 is 5.11 Å². The maximum absolute atomic E-state index is 10.2. The number of nitrogens with zero attached hydrogens (tertiary/aromatic N) is 2. The largest absolute Gasteiger partial charge is 0.506 e. The molecule has 4 heteroatoms. The van der Waals surface area contributed by atoms with Gasteiger partial charge >= 0.3 is 0 Å². The van der Waals surface area contributed by atoms with Crippen LogP contribution in [-0.2, 0) is 0 Å². The van der Waals surface area contributed by atoms with E-state index in [1.807, 2.05) is 50.2 Å². The summed E-state index contributed by atoms with van der Waals surface area (Å²) in [6, 6.07) is 11.7. The molecule has 22 heavy (non-hydrogen) atoms. The van der Waals surface area contributed by atoms with Gasteiger partial charge in [0.2, 0.25) is 0 Å². The molecule has 0 bridgehead atoms. The van der Waals surface area contributed by atoms with Crippen molar-refractivity contribution in [1.29, 1.82) is 0 Å². The van der Waals surface area contributed by atoms with Crippen molar-refractivity contribution in [2.45, 2.75) is 13.8 Å². The van der Waals surface area contributed by atoms with Crippen molar-refractivity contribution in [2.24, 2.45) is 4.99 Å². The molecule has 0 atom stereocenters. The molecule has 3 aromatic rings. The predicted molar refractivity (Wildman–Crippen MR) is 94.3 cm³/mol. The predicted octanol–water partition coefficient (Wildman–Crippen LogP) is 5.07. The van der Waals surface area contributed by atoms with E-state index < -0.39 is 0 Å². The lowest BCUT2D eigenvalue weighted by atomic mass is 10.1. The summed E-state index contributed by atoms with van der Waals surface area (Å²) in [4.78, 5) is 8.76. The van der Waals surface area contributed by atoms with Gasteiger partial charge in [0.1, 0.15) is 5.75 Å². The van der Waals surface area contributed by atoms with Gasteiger partial charge in [0, 0.05) is 23.4 Å². The Kier molecular flexibility index (Phi) is 3.94. The number of benzene rings is 2. The minimum atomic E-state index is 0.217. The molecular weight excluding hydrogens is 340 g/mol. The Morgan fingerprint density at radius 2 is 2.00 bits per heavy atom. The van der Waals surface area contributed by atoms with Gasteiger partial charge in [0.05, 0.1) is 15.7 Å². The van der Waals surface area contributed by atoms with Gasteiger partial charge in [-0.3, -0.25) is 9.98 Å². The highest BCUT2D eigenvalue weighted by atomic mass is 79.9. The molecule has 0 aliphatic carbocycles. The Balaban J connectivity index is 1.99. The number of aryl methyl sites for hydroxylation is 1. The van der Waals surface area contributed by atoms with Crippen LogP contribution in [0.25, 0.3) is 10.9 Å². The van der Waals surface area contributed by atoms with Crippen LogP contribution in [0.1, 0.15) is 16.7 Å². The molecule has 0 unspecified atom stereocenters. The van der Waals surface area contributed by atoms with E-state index in [-0.39, 0.29) is 5.75 Å². The van der Waals surface area contributed by atoms with Crippen LogP contribution in [0.2, 0.25) is 0 Å². The van der Waals surface area contributed by atoms with Crippen LogP contribution in [0.3, 0.4) is 0 Å². The van der Waals surface area contributed by atoms with Crippen molar-refractivity contribution in [3.8, 4) is 5.75 Å². The molecule has 2 aromatic carbocycles. The van der Waals surface area contributed by atoms with E-state index in [4.69, 9.17) is 0 Å². The van der Waals surface area contributed by atoms with Crippen LogP contribution in [0.4, 0.5) is 5.69 Å². The van der Waals surface area contributed by atoms with Gasteiger partial charge in [-0.2, -0.15) is 0 Å². The van der Waals surface area contributed by atoms with Gasteiger partial charge in [-0.15, -0.1) is 0 Å². The quantitative estimate of drug-likeness (QED) is 0.653. The van der Waals surface area contributed by atoms with E-state index in [1.54, 1.807) is 12.4 Å². The smallest absolute Gasteiger partial charge is 0.138 e. The fraction of sp³-hybridized carbons (Fsp3) is 0.111. The summed E-state index contributed by atoms with van der Waals surface area (Å²) in [5, 5.41) is 11.2. The molecule has 110 valence electrons. The van der Waals surface area contributed by atoms with Gasteiger partial charge in [-0.25, -0.2) is 0 Å². The third-order valence-corrected chi connectivity index (χ3v) is 4.68. The molecule has 3 rings (SSSR count). The lowest BCUT2D eigenvalue weighted by molar-refractivity contribution is 0.470. The number of phenols is 1. The number of hydrogen-bond acceptors (Lipinski definition) is 3. The first-order valence-electron chi connectivity index (χ1n) is 6.94. The van der Waals surface area contributed by atoms with Crippen LogP contribution < -0.4 is 0 Å². The molecule has 1 N–H and O–H groups in total. The van der Waals surface area contributed by atoms with E-state index >= 15 is 0 Å². The normalized spacial score (nSPS) is 11.4. The number of aromatic nitrogens is 1. The van der Waals surface area contributed by atoms with Gasteiger partial charge < -0.3 is 5.11 Å². The van der Waals surface area contributed by atoms with Crippen LogP contribution in [0, 0.1) is 13.8 Å². The first-order valence-corrected chi connectivity index (χ1v) is 7.73. The monoisotopic (exact) mass is 354 g/mol. The SMILES string of the molecule is Cc1cc(C=Nc2ccc3ncccc3c2)c(O)c(Br)c1C. The summed E-state index contributed by atoms with van der Waals surface area (Å²) in [6.07, 6.45) is 3.46.